The van der Waals surface area contributed by atoms with Crippen molar-refractivity contribution in [3.8, 4) is 5.88 Å². The summed E-state index contributed by atoms with van der Waals surface area (Å²) in [5.41, 5.74) is 0.407. The monoisotopic (exact) mass is 303 g/mol. The third-order valence-electron chi connectivity index (χ3n) is 2.83. The minimum absolute atomic E-state index is 0.407. The highest BCUT2D eigenvalue weighted by atomic mass is 127. The maximum atomic E-state index is 5.65. The second-order valence-electron chi connectivity index (χ2n) is 4.27. The third kappa shape index (κ3) is 2.38. The van der Waals surface area contributed by atoms with E-state index >= 15 is 0 Å². The van der Waals surface area contributed by atoms with Crippen molar-refractivity contribution in [2.75, 3.05) is 6.61 Å². The summed E-state index contributed by atoms with van der Waals surface area (Å²) in [6.45, 7) is 3.09. The predicted molar refractivity (Wildman–Crippen MR) is 64.4 cm³/mol. The van der Waals surface area contributed by atoms with E-state index in [1.165, 1.54) is 19.3 Å². The Balaban J connectivity index is 1.88. The molecule has 0 amide bonds. The molecular weight excluding hydrogens is 289 g/mol. The van der Waals surface area contributed by atoms with Gasteiger partial charge in [0.25, 0.3) is 0 Å². The zero-order valence-corrected chi connectivity index (χ0v) is 10.5. The summed E-state index contributed by atoms with van der Waals surface area (Å²) in [6, 6.07) is 3.95. The lowest BCUT2D eigenvalue weighted by Crippen LogP contribution is -2.32. The molecule has 1 aromatic rings. The van der Waals surface area contributed by atoms with E-state index < -0.39 is 0 Å². The molecule has 0 unspecified atom stereocenters. The molecule has 0 radical (unpaired) electrons. The van der Waals surface area contributed by atoms with Crippen LogP contribution in [0.3, 0.4) is 0 Å². The van der Waals surface area contributed by atoms with E-state index in [-0.39, 0.29) is 0 Å². The molecule has 1 aliphatic rings. The Morgan fingerprint density at radius 1 is 1.50 bits per heavy atom. The van der Waals surface area contributed by atoms with E-state index in [0.717, 1.165) is 16.1 Å². The van der Waals surface area contributed by atoms with Gasteiger partial charge < -0.3 is 4.74 Å². The SMILES string of the molecule is CC1(COc2ccc(I)cn2)CCC1. The van der Waals surface area contributed by atoms with Gasteiger partial charge in [-0.3, -0.25) is 0 Å². The Hall–Kier alpha value is -0.320. The lowest BCUT2D eigenvalue weighted by Gasteiger charge is -2.37. The van der Waals surface area contributed by atoms with Crippen LogP contribution in [-0.2, 0) is 0 Å². The van der Waals surface area contributed by atoms with Crippen LogP contribution in [0.2, 0.25) is 0 Å². The summed E-state index contributed by atoms with van der Waals surface area (Å²) in [4.78, 5) is 4.21. The van der Waals surface area contributed by atoms with Crippen molar-refractivity contribution in [1.82, 2.24) is 4.98 Å². The lowest BCUT2D eigenvalue weighted by molar-refractivity contribution is 0.0749. The summed E-state index contributed by atoms with van der Waals surface area (Å²) >= 11 is 2.24. The number of hydrogen-bond donors (Lipinski definition) is 0. The molecule has 0 spiro atoms. The average Bonchev–Trinajstić information content (AvgIpc) is 2.14. The molecule has 3 heteroatoms. The van der Waals surface area contributed by atoms with E-state index in [0.29, 0.717) is 5.41 Å². The van der Waals surface area contributed by atoms with E-state index in [4.69, 9.17) is 4.74 Å². The van der Waals surface area contributed by atoms with Crippen molar-refractivity contribution in [2.45, 2.75) is 26.2 Å². The maximum Gasteiger partial charge on any atom is 0.213 e. The summed E-state index contributed by atoms with van der Waals surface area (Å²) in [5, 5.41) is 0. The van der Waals surface area contributed by atoms with Gasteiger partial charge in [-0.05, 0) is 41.5 Å². The first kappa shape index (κ1) is 10.2. The van der Waals surface area contributed by atoms with Gasteiger partial charge in [0, 0.05) is 21.2 Å². The molecular formula is C11H14INO. The van der Waals surface area contributed by atoms with E-state index in [9.17, 15) is 0 Å². The standard InChI is InChI=1S/C11H14INO/c1-11(5-2-6-11)8-14-10-4-3-9(12)7-13-10/h3-4,7H,2,5-6,8H2,1H3. The Morgan fingerprint density at radius 2 is 2.29 bits per heavy atom. The Kier molecular flexibility index (Phi) is 2.95. The smallest absolute Gasteiger partial charge is 0.213 e. The van der Waals surface area contributed by atoms with Crippen LogP contribution in [-0.4, -0.2) is 11.6 Å². The third-order valence-corrected chi connectivity index (χ3v) is 3.47. The van der Waals surface area contributed by atoms with Gasteiger partial charge in [-0.25, -0.2) is 4.98 Å². The molecule has 1 fully saturated rings. The number of hydrogen-bond acceptors (Lipinski definition) is 2. The van der Waals surface area contributed by atoms with Crippen LogP contribution in [0.15, 0.2) is 18.3 Å². The number of aromatic nitrogens is 1. The minimum atomic E-state index is 0.407. The van der Waals surface area contributed by atoms with Crippen molar-refractivity contribution >= 4 is 22.6 Å². The molecule has 14 heavy (non-hydrogen) atoms. The zero-order valence-electron chi connectivity index (χ0n) is 8.29. The van der Waals surface area contributed by atoms with Crippen molar-refractivity contribution in [2.24, 2.45) is 5.41 Å². The quantitative estimate of drug-likeness (QED) is 0.800. The first-order valence-electron chi connectivity index (χ1n) is 4.92. The van der Waals surface area contributed by atoms with Gasteiger partial charge >= 0.3 is 0 Å². The molecule has 0 aromatic carbocycles. The normalized spacial score (nSPS) is 18.7. The largest absolute Gasteiger partial charge is 0.477 e. The molecule has 0 aliphatic heterocycles. The molecule has 0 N–H and O–H groups in total. The molecule has 2 nitrogen and oxygen atoms in total. The van der Waals surface area contributed by atoms with Crippen molar-refractivity contribution in [1.29, 1.82) is 0 Å². The number of halogens is 1. The fraction of sp³-hybridized carbons (Fsp3) is 0.545. The number of ether oxygens (including phenoxy) is 1. The van der Waals surface area contributed by atoms with E-state index in [1.54, 1.807) is 0 Å². The first-order chi connectivity index (χ1) is 6.68. The van der Waals surface area contributed by atoms with E-state index in [2.05, 4.69) is 34.5 Å². The van der Waals surface area contributed by atoms with Gasteiger partial charge in [-0.1, -0.05) is 13.3 Å². The van der Waals surface area contributed by atoms with Gasteiger partial charge in [0.05, 0.1) is 6.61 Å². The summed E-state index contributed by atoms with van der Waals surface area (Å²) in [6.07, 6.45) is 5.76. The van der Waals surface area contributed by atoms with Crippen LogP contribution in [0.25, 0.3) is 0 Å². The van der Waals surface area contributed by atoms with Crippen LogP contribution >= 0.6 is 22.6 Å². The van der Waals surface area contributed by atoms with Gasteiger partial charge in [0.2, 0.25) is 5.88 Å². The fourth-order valence-electron chi connectivity index (χ4n) is 1.62. The van der Waals surface area contributed by atoms with Crippen LogP contribution in [0, 0.1) is 8.99 Å². The average molecular weight is 303 g/mol. The van der Waals surface area contributed by atoms with Crippen LogP contribution < -0.4 is 4.74 Å². The van der Waals surface area contributed by atoms with Crippen LogP contribution in [0.5, 0.6) is 5.88 Å². The highest BCUT2D eigenvalue weighted by molar-refractivity contribution is 14.1. The van der Waals surface area contributed by atoms with Gasteiger partial charge in [-0.2, -0.15) is 0 Å². The van der Waals surface area contributed by atoms with Crippen molar-refractivity contribution < 1.29 is 4.74 Å². The molecule has 1 aliphatic carbocycles. The summed E-state index contributed by atoms with van der Waals surface area (Å²) in [5.74, 6) is 0.749. The number of nitrogens with zero attached hydrogens (tertiary/aromatic N) is 1. The van der Waals surface area contributed by atoms with Crippen LogP contribution in [0.4, 0.5) is 0 Å². The number of pyridine rings is 1. The van der Waals surface area contributed by atoms with Gasteiger partial charge in [-0.15, -0.1) is 0 Å². The van der Waals surface area contributed by atoms with Crippen molar-refractivity contribution in [3.63, 3.8) is 0 Å². The molecule has 1 aromatic heterocycles. The Labute approximate surface area is 98.2 Å². The minimum Gasteiger partial charge on any atom is -0.477 e. The van der Waals surface area contributed by atoms with Crippen LogP contribution in [0.1, 0.15) is 26.2 Å². The summed E-state index contributed by atoms with van der Waals surface area (Å²) in [7, 11) is 0. The predicted octanol–water partition coefficient (Wildman–Crippen LogP) is 3.26. The maximum absolute atomic E-state index is 5.65. The van der Waals surface area contributed by atoms with Gasteiger partial charge in [0.1, 0.15) is 0 Å². The zero-order chi connectivity index (χ0) is 10.0. The highest BCUT2D eigenvalue weighted by Crippen LogP contribution is 2.40. The fourth-order valence-corrected chi connectivity index (χ4v) is 1.94. The molecule has 76 valence electrons. The highest BCUT2D eigenvalue weighted by Gasteiger charge is 2.32. The molecule has 1 saturated carbocycles. The lowest BCUT2D eigenvalue weighted by atomic mass is 9.71. The first-order valence-corrected chi connectivity index (χ1v) is 6.00. The number of rotatable bonds is 3. The Morgan fingerprint density at radius 3 is 2.79 bits per heavy atom. The molecule has 0 bridgehead atoms. The Bertz CT molecular complexity index is 306. The second-order valence-corrected chi connectivity index (χ2v) is 5.51. The summed E-state index contributed by atoms with van der Waals surface area (Å²) < 4.78 is 6.80. The van der Waals surface area contributed by atoms with Crippen molar-refractivity contribution in [3.05, 3.63) is 21.9 Å². The van der Waals surface area contributed by atoms with Gasteiger partial charge in [0.15, 0.2) is 0 Å². The second kappa shape index (κ2) is 4.04. The molecule has 1 heterocycles. The van der Waals surface area contributed by atoms with E-state index in [1.807, 2.05) is 18.3 Å². The topological polar surface area (TPSA) is 22.1 Å². The molecule has 0 atom stereocenters. The molecule has 2 rings (SSSR count). The molecule has 0 saturated heterocycles.